The molecule has 0 aliphatic carbocycles. The van der Waals surface area contributed by atoms with Gasteiger partial charge in [-0.2, -0.15) is 0 Å². The summed E-state index contributed by atoms with van der Waals surface area (Å²) in [6.45, 7) is 3.60. The molecule has 0 aromatic rings. The molecule has 0 aliphatic heterocycles. The molecular weight excluding hydrogens is 942 g/mol. The average molecular weight is 1060 g/mol. The zero-order valence-corrected chi connectivity index (χ0v) is 49.0. The molecule has 0 saturated heterocycles. The number of allylic oxidation sites excluding steroid dienone is 12. The second-order valence-electron chi connectivity index (χ2n) is 20.5. The van der Waals surface area contributed by atoms with Crippen molar-refractivity contribution in [3.05, 3.63) is 72.9 Å². The molecule has 0 radical (unpaired) electrons. The molecule has 3 N–H and O–H groups in total. The SMILES string of the molecule is CC/C=C\C/C=C\C/C=C\C/C=C\CCCCCCCCCCCCCCCCCCCCCCCCCCCCC(=O)OC(COC(=O)CCCCCCC/C=C\C/C=C\CCCC)COP(=O)(O)OCCN. The van der Waals surface area contributed by atoms with Crippen molar-refractivity contribution in [3.63, 3.8) is 0 Å². The molecule has 0 fully saturated rings. The van der Waals surface area contributed by atoms with E-state index in [1.807, 2.05) is 0 Å². The van der Waals surface area contributed by atoms with Crippen molar-refractivity contribution in [2.24, 2.45) is 5.73 Å². The number of nitrogens with two attached hydrogens (primary N) is 1. The van der Waals surface area contributed by atoms with E-state index in [0.717, 1.165) is 83.5 Å². The zero-order valence-electron chi connectivity index (χ0n) is 48.1. The Kier molecular flexibility index (Phi) is 57.6. The first kappa shape index (κ1) is 71.5. The number of hydrogen-bond acceptors (Lipinski definition) is 8. The number of carbonyl (C=O) groups is 2. The number of ether oxygens (including phenoxy) is 2. The van der Waals surface area contributed by atoms with Gasteiger partial charge in [-0.05, 0) is 77.0 Å². The third-order valence-corrected chi connectivity index (χ3v) is 14.3. The third-order valence-electron chi connectivity index (χ3n) is 13.3. The molecule has 0 rings (SSSR count). The van der Waals surface area contributed by atoms with Gasteiger partial charge < -0.3 is 20.1 Å². The predicted octanol–water partition coefficient (Wildman–Crippen LogP) is 19.7. The van der Waals surface area contributed by atoms with Crippen LogP contribution in [0.1, 0.15) is 290 Å². The predicted molar refractivity (Wildman–Crippen MR) is 316 cm³/mol. The normalized spacial score (nSPS) is 13.5. The number of carbonyl (C=O) groups excluding carboxylic acids is 2. The van der Waals surface area contributed by atoms with E-state index in [-0.39, 0.29) is 32.6 Å². The number of phosphoric ester groups is 1. The van der Waals surface area contributed by atoms with Gasteiger partial charge in [0.15, 0.2) is 6.10 Å². The van der Waals surface area contributed by atoms with Crippen molar-refractivity contribution < 1.29 is 37.6 Å². The van der Waals surface area contributed by atoms with Crippen LogP contribution in [0.4, 0.5) is 0 Å². The zero-order chi connectivity index (χ0) is 53.8. The first-order valence-corrected chi connectivity index (χ1v) is 32.4. The van der Waals surface area contributed by atoms with Gasteiger partial charge in [-0.1, -0.05) is 273 Å². The Morgan fingerprint density at radius 2 is 0.743 bits per heavy atom. The molecule has 74 heavy (non-hydrogen) atoms. The Bertz CT molecular complexity index is 1440. The standard InChI is InChI=1S/C64H116NO8P/c1-3-5-7-9-11-13-15-17-19-20-21-22-23-24-25-26-27-28-29-30-31-32-33-34-35-36-37-38-39-40-41-42-43-45-47-49-51-53-55-57-64(67)73-62(61-72-74(68,69)71-59-58-65)60-70-63(66)56-54-52-50-48-46-44-18-16-14-12-10-8-6-4-2/h5,7,10-13,16-19,21-22,62H,3-4,6,8-9,14-15,20,23-61,65H2,1-2H3,(H,68,69)/b7-5-,12-10-,13-11-,18-16-,19-17-,22-21-. The first-order valence-electron chi connectivity index (χ1n) is 30.9. The summed E-state index contributed by atoms with van der Waals surface area (Å²) in [5, 5.41) is 0. The number of unbranched alkanes of at least 4 members (excludes halogenated alkanes) is 33. The van der Waals surface area contributed by atoms with Crippen molar-refractivity contribution in [2.45, 2.75) is 296 Å². The number of phosphoric acid groups is 1. The van der Waals surface area contributed by atoms with Crippen molar-refractivity contribution >= 4 is 19.8 Å². The van der Waals surface area contributed by atoms with Crippen LogP contribution in [0.3, 0.4) is 0 Å². The Hall–Kier alpha value is -2.55. The van der Waals surface area contributed by atoms with E-state index < -0.39 is 32.5 Å². The molecular formula is C64H116NO8P. The van der Waals surface area contributed by atoms with Crippen LogP contribution in [-0.2, 0) is 32.7 Å². The van der Waals surface area contributed by atoms with Gasteiger partial charge in [0.25, 0.3) is 0 Å². The molecule has 9 nitrogen and oxygen atoms in total. The van der Waals surface area contributed by atoms with Crippen LogP contribution in [0, 0.1) is 0 Å². The lowest BCUT2D eigenvalue weighted by molar-refractivity contribution is -0.161. The molecule has 0 heterocycles. The van der Waals surface area contributed by atoms with Crippen LogP contribution in [0.15, 0.2) is 72.9 Å². The summed E-state index contributed by atoms with van der Waals surface area (Å²) in [5.74, 6) is -0.835. The fourth-order valence-electron chi connectivity index (χ4n) is 8.76. The second kappa shape index (κ2) is 59.7. The number of hydrogen-bond donors (Lipinski definition) is 2. The van der Waals surface area contributed by atoms with Gasteiger partial charge in [-0.15, -0.1) is 0 Å². The summed E-state index contributed by atoms with van der Waals surface area (Å²) in [6, 6.07) is 0. The topological polar surface area (TPSA) is 134 Å². The monoisotopic (exact) mass is 1060 g/mol. The van der Waals surface area contributed by atoms with Crippen molar-refractivity contribution in [1.29, 1.82) is 0 Å². The van der Waals surface area contributed by atoms with E-state index in [1.54, 1.807) is 0 Å². The first-order chi connectivity index (χ1) is 36.3. The van der Waals surface area contributed by atoms with Crippen LogP contribution in [0.5, 0.6) is 0 Å². The Labute approximate surface area is 456 Å². The van der Waals surface area contributed by atoms with Gasteiger partial charge >= 0.3 is 19.8 Å². The van der Waals surface area contributed by atoms with Crippen LogP contribution >= 0.6 is 7.82 Å². The van der Waals surface area contributed by atoms with Gasteiger partial charge in [0.2, 0.25) is 0 Å². The molecule has 0 amide bonds. The number of esters is 2. The quantitative estimate of drug-likeness (QED) is 0.0264. The third kappa shape index (κ3) is 58.7. The maximum absolute atomic E-state index is 12.7. The summed E-state index contributed by atoms with van der Waals surface area (Å²) in [6.07, 6.45) is 77.1. The highest BCUT2D eigenvalue weighted by molar-refractivity contribution is 7.47. The van der Waals surface area contributed by atoms with Crippen molar-refractivity contribution in [3.8, 4) is 0 Å². The van der Waals surface area contributed by atoms with E-state index in [4.69, 9.17) is 24.3 Å². The molecule has 2 atom stereocenters. The van der Waals surface area contributed by atoms with Gasteiger partial charge in [-0.25, -0.2) is 4.57 Å². The minimum absolute atomic E-state index is 0.0512. The lowest BCUT2D eigenvalue weighted by Gasteiger charge is -2.19. The van der Waals surface area contributed by atoms with Gasteiger partial charge in [0.05, 0.1) is 13.2 Å². The van der Waals surface area contributed by atoms with Gasteiger partial charge in [-0.3, -0.25) is 18.6 Å². The lowest BCUT2D eigenvalue weighted by atomic mass is 10.0. The highest BCUT2D eigenvalue weighted by atomic mass is 31.2. The van der Waals surface area contributed by atoms with E-state index in [9.17, 15) is 19.0 Å². The summed E-state index contributed by atoms with van der Waals surface area (Å²) >= 11 is 0. The van der Waals surface area contributed by atoms with Crippen LogP contribution in [0.25, 0.3) is 0 Å². The van der Waals surface area contributed by atoms with Crippen LogP contribution < -0.4 is 5.73 Å². The Morgan fingerprint density at radius 3 is 1.11 bits per heavy atom. The molecule has 0 saturated carbocycles. The Balaban J connectivity index is 3.76. The van der Waals surface area contributed by atoms with E-state index in [2.05, 4.69) is 86.8 Å². The second-order valence-corrected chi connectivity index (χ2v) is 22.0. The largest absolute Gasteiger partial charge is 0.472 e. The maximum Gasteiger partial charge on any atom is 0.472 e. The van der Waals surface area contributed by atoms with Crippen molar-refractivity contribution in [1.82, 2.24) is 0 Å². The van der Waals surface area contributed by atoms with E-state index >= 15 is 0 Å². The highest BCUT2D eigenvalue weighted by Crippen LogP contribution is 2.43. The van der Waals surface area contributed by atoms with Gasteiger partial charge in [0.1, 0.15) is 6.61 Å². The van der Waals surface area contributed by atoms with E-state index in [0.29, 0.717) is 12.8 Å². The molecule has 430 valence electrons. The van der Waals surface area contributed by atoms with Crippen LogP contribution in [-0.4, -0.2) is 49.3 Å². The average Bonchev–Trinajstić information content (AvgIpc) is 3.39. The Morgan fingerprint density at radius 1 is 0.419 bits per heavy atom. The summed E-state index contributed by atoms with van der Waals surface area (Å²) in [7, 11) is -4.39. The smallest absolute Gasteiger partial charge is 0.462 e. The van der Waals surface area contributed by atoms with E-state index in [1.165, 1.54) is 167 Å². The summed E-state index contributed by atoms with van der Waals surface area (Å²) in [5.41, 5.74) is 5.38. The molecule has 10 heteroatoms. The lowest BCUT2D eigenvalue weighted by Crippen LogP contribution is -2.29. The molecule has 0 spiro atoms. The fraction of sp³-hybridized carbons (Fsp3) is 0.781. The molecule has 0 aliphatic rings. The molecule has 0 bridgehead atoms. The minimum atomic E-state index is -4.39. The highest BCUT2D eigenvalue weighted by Gasteiger charge is 2.26. The van der Waals surface area contributed by atoms with Gasteiger partial charge in [0, 0.05) is 19.4 Å². The summed E-state index contributed by atoms with van der Waals surface area (Å²) in [4.78, 5) is 35.1. The maximum atomic E-state index is 12.7. The molecule has 0 aromatic carbocycles. The molecule has 2 unspecified atom stereocenters. The fourth-order valence-corrected chi connectivity index (χ4v) is 9.53. The minimum Gasteiger partial charge on any atom is -0.462 e. The molecule has 0 aromatic heterocycles. The van der Waals surface area contributed by atoms with Crippen LogP contribution in [0.2, 0.25) is 0 Å². The number of rotatable bonds is 58. The summed E-state index contributed by atoms with van der Waals surface area (Å²) < 4.78 is 33.0. The van der Waals surface area contributed by atoms with Crippen molar-refractivity contribution in [2.75, 3.05) is 26.4 Å².